The number of nitrogens with one attached hydrogen (secondary N) is 1. The van der Waals surface area contributed by atoms with Crippen molar-refractivity contribution in [2.24, 2.45) is 0 Å². The van der Waals surface area contributed by atoms with Crippen molar-refractivity contribution >= 4 is 22.8 Å². The maximum atomic E-state index is 13.2. The number of aromatic hydroxyl groups is 1. The lowest BCUT2D eigenvalue weighted by molar-refractivity contribution is -0.140. The Balaban J connectivity index is 2.13. The summed E-state index contributed by atoms with van der Waals surface area (Å²) in [5.41, 5.74) is 1.65. The topological polar surface area (TPSA) is 88.8 Å². The van der Waals surface area contributed by atoms with Crippen molar-refractivity contribution in [3.8, 4) is 17.1 Å². The largest absolute Gasteiger partial charge is 0.508 e. The molecule has 0 aliphatic rings. The van der Waals surface area contributed by atoms with E-state index in [1.807, 2.05) is 0 Å². The Morgan fingerprint density at radius 2 is 1.93 bits per heavy atom. The number of halogens is 1. The fraction of sp³-hybridized carbons (Fsp3) is 0.200. The normalized spacial score (nSPS) is 10.8. The summed E-state index contributed by atoms with van der Waals surface area (Å²) >= 11 is 0. The van der Waals surface area contributed by atoms with Crippen LogP contribution in [0.3, 0.4) is 0 Å². The maximum absolute atomic E-state index is 13.2. The van der Waals surface area contributed by atoms with Crippen LogP contribution >= 0.6 is 0 Å². The Labute approximate surface area is 154 Å². The van der Waals surface area contributed by atoms with Crippen LogP contribution < -0.4 is 5.32 Å². The van der Waals surface area contributed by atoms with Crippen LogP contribution in [0.15, 0.2) is 40.8 Å². The van der Waals surface area contributed by atoms with Crippen LogP contribution in [0.25, 0.3) is 22.3 Å². The smallest absolute Gasteiger partial charge is 0.305 e. The fourth-order valence-corrected chi connectivity index (χ4v) is 2.87. The zero-order valence-corrected chi connectivity index (χ0v) is 14.8. The first-order chi connectivity index (χ1) is 12.9. The second kappa shape index (κ2) is 7.49. The molecule has 27 heavy (non-hydrogen) atoms. The third-order valence-electron chi connectivity index (χ3n) is 4.28. The van der Waals surface area contributed by atoms with Gasteiger partial charge in [-0.2, -0.15) is 0 Å². The number of fused-ring (bicyclic) bond motifs is 1. The summed E-state index contributed by atoms with van der Waals surface area (Å²) in [6, 6.07) is 8.59. The molecule has 0 atom stereocenters. The van der Waals surface area contributed by atoms with Crippen LogP contribution in [0.4, 0.5) is 4.39 Å². The van der Waals surface area contributed by atoms with Crippen molar-refractivity contribution in [1.82, 2.24) is 5.32 Å². The number of phenolic OH excluding ortho intramolecular Hbond substituents is 1. The monoisotopic (exact) mass is 371 g/mol. The molecular weight excluding hydrogens is 353 g/mol. The first kappa shape index (κ1) is 18.4. The molecule has 0 radical (unpaired) electrons. The minimum atomic E-state index is -0.404. The number of esters is 1. The van der Waals surface area contributed by atoms with Crippen molar-refractivity contribution in [2.75, 3.05) is 14.2 Å². The van der Waals surface area contributed by atoms with Gasteiger partial charge in [0.2, 0.25) is 0 Å². The van der Waals surface area contributed by atoms with Gasteiger partial charge in [0.1, 0.15) is 22.9 Å². The van der Waals surface area contributed by atoms with Crippen LogP contribution in [-0.4, -0.2) is 31.1 Å². The summed E-state index contributed by atoms with van der Waals surface area (Å²) in [5.74, 6) is -0.974. The molecule has 1 aromatic heterocycles. The molecule has 0 unspecified atom stereocenters. The lowest BCUT2D eigenvalue weighted by Gasteiger charge is -2.05. The maximum Gasteiger partial charge on any atom is 0.305 e. The number of aryl methyl sites for hydroxylation is 1. The molecule has 0 saturated heterocycles. The summed E-state index contributed by atoms with van der Waals surface area (Å²) < 4.78 is 23.7. The number of ether oxygens (including phenoxy) is 1. The zero-order chi connectivity index (χ0) is 19.6. The Morgan fingerprint density at radius 1 is 1.22 bits per heavy atom. The molecule has 7 heteroatoms. The highest BCUT2D eigenvalue weighted by atomic mass is 19.1. The molecule has 0 fully saturated rings. The van der Waals surface area contributed by atoms with E-state index in [9.17, 15) is 19.1 Å². The number of methoxy groups -OCH3 is 1. The number of hydrogen-bond donors (Lipinski definition) is 2. The first-order valence-corrected chi connectivity index (χ1v) is 8.27. The van der Waals surface area contributed by atoms with E-state index < -0.39 is 17.7 Å². The summed E-state index contributed by atoms with van der Waals surface area (Å²) in [6.07, 6.45) is 0.361. The Bertz CT molecular complexity index is 1010. The molecular formula is C20H18FNO5. The second-order valence-corrected chi connectivity index (χ2v) is 5.95. The third kappa shape index (κ3) is 3.62. The van der Waals surface area contributed by atoms with Crippen molar-refractivity contribution in [3.05, 3.63) is 53.3 Å². The van der Waals surface area contributed by atoms with Gasteiger partial charge >= 0.3 is 5.97 Å². The number of furan rings is 1. The Kier molecular flexibility index (Phi) is 5.12. The number of amides is 1. The molecule has 2 aromatic carbocycles. The number of benzene rings is 2. The van der Waals surface area contributed by atoms with Crippen molar-refractivity contribution < 1.29 is 28.2 Å². The summed E-state index contributed by atoms with van der Waals surface area (Å²) in [7, 11) is 2.78. The predicted molar refractivity (Wildman–Crippen MR) is 97.0 cm³/mol. The number of rotatable bonds is 5. The Morgan fingerprint density at radius 3 is 2.56 bits per heavy atom. The van der Waals surface area contributed by atoms with E-state index in [1.165, 1.54) is 44.5 Å². The van der Waals surface area contributed by atoms with Crippen LogP contribution in [0.2, 0.25) is 0 Å². The average molecular weight is 371 g/mol. The average Bonchev–Trinajstić information content (AvgIpc) is 3.03. The minimum absolute atomic E-state index is 0.0528. The van der Waals surface area contributed by atoms with E-state index in [1.54, 1.807) is 6.07 Å². The molecule has 1 amide bonds. The van der Waals surface area contributed by atoms with Gasteiger partial charge in [-0.15, -0.1) is 0 Å². The quantitative estimate of drug-likeness (QED) is 0.671. The van der Waals surface area contributed by atoms with E-state index in [2.05, 4.69) is 10.1 Å². The lowest BCUT2D eigenvalue weighted by atomic mass is 10.0. The van der Waals surface area contributed by atoms with Crippen molar-refractivity contribution in [2.45, 2.75) is 12.8 Å². The fourth-order valence-electron chi connectivity index (χ4n) is 2.87. The highest BCUT2D eigenvalue weighted by Gasteiger charge is 2.23. The highest BCUT2D eigenvalue weighted by molar-refractivity contribution is 6.11. The van der Waals surface area contributed by atoms with E-state index in [4.69, 9.17) is 4.42 Å². The molecule has 0 saturated carbocycles. The molecule has 0 aliphatic carbocycles. The van der Waals surface area contributed by atoms with Gasteiger partial charge < -0.3 is 19.6 Å². The van der Waals surface area contributed by atoms with E-state index >= 15 is 0 Å². The van der Waals surface area contributed by atoms with E-state index in [0.29, 0.717) is 22.1 Å². The standard InChI is InChI=1S/C20H18FNO5/c1-22-20(25)18-14-10-15(23)12(5-8-17(24)26-2)9-16(14)27-19(18)11-3-6-13(21)7-4-11/h3-4,6-7,9-10,23H,5,8H2,1-2H3,(H,22,25). The summed E-state index contributed by atoms with van der Waals surface area (Å²) in [6.45, 7) is 0. The molecule has 0 spiro atoms. The predicted octanol–water partition coefficient (Wildman–Crippen LogP) is 3.41. The summed E-state index contributed by atoms with van der Waals surface area (Å²) in [4.78, 5) is 23.8. The second-order valence-electron chi connectivity index (χ2n) is 5.95. The molecule has 140 valence electrons. The van der Waals surface area contributed by atoms with Crippen molar-refractivity contribution in [3.63, 3.8) is 0 Å². The minimum Gasteiger partial charge on any atom is -0.508 e. The van der Waals surface area contributed by atoms with Crippen molar-refractivity contribution in [1.29, 1.82) is 0 Å². The number of hydrogen-bond acceptors (Lipinski definition) is 5. The molecule has 6 nitrogen and oxygen atoms in total. The van der Waals surface area contributed by atoms with Gasteiger partial charge in [-0.05, 0) is 48.4 Å². The summed E-state index contributed by atoms with van der Waals surface area (Å²) in [5, 5.41) is 13.3. The number of carbonyl (C=O) groups is 2. The molecule has 0 bridgehead atoms. The van der Waals surface area contributed by atoms with Crippen LogP contribution in [0.1, 0.15) is 22.3 Å². The molecule has 0 aliphatic heterocycles. The van der Waals surface area contributed by atoms with Gasteiger partial charge in [-0.3, -0.25) is 9.59 Å². The van der Waals surface area contributed by atoms with Gasteiger partial charge in [0.25, 0.3) is 5.91 Å². The SMILES string of the molecule is CNC(=O)c1c(-c2ccc(F)cc2)oc2cc(CCC(=O)OC)c(O)cc12. The highest BCUT2D eigenvalue weighted by Crippen LogP contribution is 2.37. The van der Waals surface area contributed by atoms with Gasteiger partial charge in [-0.1, -0.05) is 0 Å². The Hall–Kier alpha value is -3.35. The first-order valence-electron chi connectivity index (χ1n) is 8.27. The van der Waals surface area contributed by atoms with Gasteiger partial charge in [-0.25, -0.2) is 4.39 Å². The molecule has 2 N–H and O–H groups in total. The third-order valence-corrected chi connectivity index (χ3v) is 4.28. The number of carbonyl (C=O) groups excluding carboxylic acids is 2. The van der Waals surface area contributed by atoms with E-state index in [-0.39, 0.29) is 29.9 Å². The van der Waals surface area contributed by atoms with E-state index in [0.717, 1.165) is 0 Å². The zero-order valence-electron chi connectivity index (χ0n) is 14.8. The lowest BCUT2D eigenvalue weighted by Crippen LogP contribution is -2.18. The molecule has 1 heterocycles. The van der Waals surface area contributed by atoms with Crippen LogP contribution in [0, 0.1) is 5.82 Å². The van der Waals surface area contributed by atoms with Crippen LogP contribution in [0.5, 0.6) is 5.75 Å². The molecule has 3 rings (SSSR count). The molecule has 3 aromatic rings. The number of phenols is 1. The van der Waals surface area contributed by atoms with Gasteiger partial charge in [0.05, 0.1) is 12.7 Å². The van der Waals surface area contributed by atoms with Gasteiger partial charge in [0, 0.05) is 24.4 Å². The van der Waals surface area contributed by atoms with Gasteiger partial charge in [0.15, 0.2) is 0 Å². The van der Waals surface area contributed by atoms with Crippen LogP contribution in [-0.2, 0) is 16.0 Å².